The van der Waals surface area contributed by atoms with Crippen LogP contribution in [0, 0.1) is 5.92 Å². The molecule has 2 aromatic rings. The predicted molar refractivity (Wildman–Crippen MR) is 109 cm³/mol. The zero-order chi connectivity index (χ0) is 20.7. The lowest BCUT2D eigenvalue weighted by Gasteiger charge is -2.24. The van der Waals surface area contributed by atoms with Crippen LogP contribution in [0.5, 0.6) is 0 Å². The molecule has 5 nitrogen and oxygen atoms in total. The molecule has 150 valence electrons. The Hall–Kier alpha value is -2.37. The quantitative estimate of drug-likeness (QED) is 0.711. The van der Waals surface area contributed by atoms with Crippen LogP contribution < -0.4 is 0 Å². The van der Waals surface area contributed by atoms with Crippen LogP contribution in [0.1, 0.15) is 42.9 Å². The van der Waals surface area contributed by atoms with Crippen LogP contribution in [0.25, 0.3) is 0 Å². The minimum atomic E-state index is -1.82. The van der Waals surface area contributed by atoms with E-state index in [0.29, 0.717) is 11.8 Å². The van der Waals surface area contributed by atoms with Gasteiger partial charge in [0.2, 0.25) is 0 Å². The summed E-state index contributed by atoms with van der Waals surface area (Å²) in [6.07, 6.45) is 1.20. The van der Waals surface area contributed by atoms with E-state index in [4.69, 9.17) is 31.4 Å². The maximum absolute atomic E-state index is 9.10. The molecule has 2 N–H and O–H groups in total. The highest BCUT2D eigenvalue weighted by Gasteiger charge is 2.21. The number of halogens is 1. The van der Waals surface area contributed by atoms with E-state index in [0.717, 1.165) is 24.7 Å². The third-order valence-electron chi connectivity index (χ3n) is 4.95. The van der Waals surface area contributed by atoms with Gasteiger partial charge >= 0.3 is 11.9 Å². The number of hydrogen-bond acceptors (Lipinski definition) is 3. The summed E-state index contributed by atoms with van der Waals surface area (Å²) in [5.74, 6) is -2.41. The van der Waals surface area contributed by atoms with E-state index in [-0.39, 0.29) is 0 Å². The number of benzene rings is 2. The first kappa shape index (κ1) is 21.9. The maximum Gasteiger partial charge on any atom is 0.414 e. The molecule has 0 saturated carbocycles. The molecule has 0 spiro atoms. The van der Waals surface area contributed by atoms with Gasteiger partial charge in [0.15, 0.2) is 0 Å². The van der Waals surface area contributed by atoms with E-state index in [2.05, 4.69) is 55.1 Å². The molecule has 0 radical (unpaired) electrons. The molecule has 0 saturated heterocycles. The molecule has 0 fully saturated rings. The Morgan fingerprint density at radius 2 is 1.46 bits per heavy atom. The smallest absolute Gasteiger partial charge is 0.414 e. The lowest BCUT2D eigenvalue weighted by Crippen LogP contribution is -2.21. The molecule has 1 aliphatic heterocycles. The molecular formula is C22H26ClNO4. The SMILES string of the molecule is CC(C)C(CCN1Cc2ccccc2C1)c1ccc(Cl)cc1.O=C(O)C(=O)O. The summed E-state index contributed by atoms with van der Waals surface area (Å²) in [5, 5.41) is 15.6. The molecule has 6 heteroatoms. The lowest BCUT2D eigenvalue weighted by molar-refractivity contribution is -0.159. The first-order chi connectivity index (χ1) is 13.3. The van der Waals surface area contributed by atoms with Crippen molar-refractivity contribution in [1.82, 2.24) is 4.90 Å². The van der Waals surface area contributed by atoms with Crippen molar-refractivity contribution in [3.05, 3.63) is 70.2 Å². The van der Waals surface area contributed by atoms with E-state index in [9.17, 15) is 0 Å². The number of rotatable bonds is 5. The van der Waals surface area contributed by atoms with Crippen molar-refractivity contribution in [2.75, 3.05) is 6.54 Å². The lowest BCUT2D eigenvalue weighted by atomic mass is 9.85. The van der Waals surface area contributed by atoms with E-state index >= 15 is 0 Å². The zero-order valence-corrected chi connectivity index (χ0v) is 16.9. The summed E-state index contributed by atoms with van der Waals surface area (Å²) in [4.78, 5) is 20.8. The van der Waals surface area contributed by atoms with Gasteiger partial charge in [0.05, 0.1) is 0 Å². The Kier molecular flexibility index (Phi) is 8.03. The zero-order valence-electron chi connectivity index (χ0n) is 16.1. The topological polar surface area (TPSA) is 77.8 Å². The molecule has 1 heterocycles. The highest BCUT2D eigenvalue weighted by atomic mass is 35.5. The number of carboxylic acids is 2. The molecule has 1 unspecified atom stereocenters. The van der Waals surface area contributed by atoms with Crippen LogP contribution in [0.15, 0.2) is 48.5 Å². The van der Waals surface area contributed by atoms with Crippen molar-refractivity contribution in [1.29, 1.82) is 0 Å². The van der Waals surface area contributed by atoms with Gasteiger partial charge in [-0.05, 0) is 53.6 Å². The average molecular weight is 404 g/mol. The first-order valence-electron chi connectivity index (χ1n) is 9.28. The third kappa shape index (κ3) is 6.36. The van der Waals surface area contributed by atoms with Crippen LogP contribution in [0.2, 0.25) is 5.02 Å². The van der Waals surface area contributed by atoms with E-state index in [1.54, 1.807) is 0 Å². The molecule has 0 amide bonds. The monoisotopic (exact) mass is 403 g/mol. The summed E-state index contributed by atoms with van der Waals surface area (Å²) in [7, 11) is 0. The van der Waals surface area contributed by atoms with Gasteiger partial charge in [-0.1, -0.05) is 61.8 Å². The van der Waals surface area contributed by atoms with Crippen molar-refractivity contribution in [2.24, 2.45) is 5.92 Å². The fraction of sp³-hybridized carbons (Fsp3) is 0.364. The Morgan fingerprint density at radius 3 is 1.89 bits per heavy atom. The standard InChI is InChI=1S/C20H24ClN.C2H2O4/c1-15(2)20(16-7-9-19(21)10-8-16)11-12-22-13-17-5-3-4-6-18(17)14-22;3-1(4)2(5)6/h3-10,15,20H,11-14H2,1-2H3;(H,3,4)(H,5,6). The van der Waals surface area contributed by atoms with Crippen LogP contribution in [-0.4, -0.2) is 33.6 Å². The Balaban J connectivity index is 0.000000409. The first-order valence-corrected chi connectivity index (χ1v) is 9.66. The van der Waals surface area contributed by atoms with Crippen molar-refractivity contribution in [2.45, 2.75) is 39.3 Å². The van der Waals surface area contributed by atoms with Gasteiger partial charge in [-0.2, -0.15) is 0 Å². The summed E-state index contributed by atoms with van der Waals surface area (Å²) >= 11 is 6.02. The number of nitrogens with zero attached hydrogens (tertiary/aromatic N) is 1. The second-order valence-electron chi connectivity index (χ2n) is 7.28. The molecule has 0 aromatic heterocycles. The average Bonchev–Trinajstić information content (AvgIpc) is 3.06. The normalized spacial score (nSPS) is 14.1. The molecule has 3 rings (SSSR count). The number of carbonyl (C=O) groups is 2. The molecule has 28 heavy (non-hydrogen) atoms. The number of aliphatic carboxylic acids is 2. The van der Waals surface area contributed by atoms with Crippen LogP contribution in [0.4, 0.5) is 0 Å². The van der Waals surface area contributed by atoms with E-state index in [1.165, 1.54) is 23.1 Å². The molecule has 2 aromatic carbocycles. The minimum Gasteiger partial charge on any atom is -0.473 e. The van der Waals surface area contributed by atoms with Gasteiger partial charge in [0.25, 0.3) is 0 Å². The maximum atomic E-state index is 9.10. The summed E-state index contributed by atoms with van der Waals surface area (Å²) in [5.41, 5.74) is 4.40. The van der Waals surface area contributed by atoms with Gasteiger partial charge in [0, 0.05) is 18.1 Å². The molecule has 1 atom stereocenters. The van der Waals surface area contributed by atoms with Crippen molar-refractivity contribution >= 4 is 23.5 Å². The summed E-state index contributed by atoms with van der Waals surface area (Å²) < 4.78 is 0. The van der Waals surface area contributed by atoms with Crippen LogP contribution >= 0.6 is 11.6 Å². The fourth-order valence-electron chi connectivity index (χ4n) is 3.48. The summed E-state index contributed by atoms with van der Waals surface area (Å²) in [6, 6.07) is 17.2. The second-order valence-corrected chi connectivity index (χ2v) is 7.72. The Bertz CT molecular complexity index is 767. The molecule has 0 bridgehead atoms. The van der Waals surface area contributed by atoms with Crippen LogP contribution in [0.3, 0.4) is 0 Å². The highest BCUT2D eigenvalue weighted by Crippen LogP contribution is 2.30. The van der Waals surface area contributed by atoms with Crippen molar-refractivity contribution < 1.29 is 19.8 Å². The minimum absolute atomic E-state index is 0.598. The van der Waals surface area contributed by atoms with Gasteiger partial charge in [-0.3, -0.25) is 4.90 Å². The van der Waals surface area contributed by atoms with E-state index in [1.807, 2.05) is 12.1 Å². The number of carboxylic acid groups (broad SMARTS) is 2. The third-order valence-corrected chi connectivity index (χ3v) is 5.20. The van der Waals surface area contributed by atoms with Gasteiger partial charge < -0.3 is 10.2 Å². The van der Waals surface area contributed by atoms with Crippen molar-refractivity contribution in [3.8, 4) is 0 Å². The molecular weight excluding hydrogens is 378 g/mol. The van der Waals surface area contributed by atoms with Gasteiger partial charge in [-0.15, -0.1) is 0 Å². The Labute approximate surface area is 170 Å². The molecule has 0 aliphatic carbocycles. The Morgan fingerprint density at radius 1 is 0.964 bits per heavy atom. The number of fused-ring (bicyclic) bond motifs is 1. The number of hydrogen-bond donors (Lipinski definition) is 2. The molecule has 1 aliphatic rings. The van der Waals surface area contributed by atoms with Crippen LogP contribution in [-0.2, 0) is 22.7 Å². The van der Waals surface area contributed by atoms with Gasteiger partial charge in [-0.25, -0.2) is 9.59 Å². The second kappa shape index (κ2) is 10.2. The fourth-order valence-corrected chi connectivity index (χ4v) is 3.60. The van der Waals surface area contributed by atoms with Gasteiger partial charge in [0.1, 0.15) is 0 Å². The largest absolute Gasteiger partial charge is 0.473 e. The highest BCUT2D eigenvalue weighted by molar-refractivity contribution is 6.30. The van der Waals surface area contributed by atoms with E-state index < -0.39 is 11.9 Å². The predicted octanol–water partition coefficient (Wildman–Crippen LogP) is 4.64. The van der Waals surface area contributed by atoms with Crippen molar-refractivity contribution in [3.63, 3.8) is 0 Å². The summed E-state index contributed by atoms with van der Waals surface area (Å²) in [6.45, 7) is 7.99.